The first kappa shape index (κ1) is 22.6. The summed E-state index contributed by atoms with van der Waals surface area (Å²) in [7, 11) is -5.88. The molecule has 1 heterocycles. The first-order chi connectivity index (χ1) is 14.5. The van der Waals surface area contributed by atoms with Gasteiger partial charge in [-0.05, 0) is 30.3 Å². The maximum Gasteiger partial charge on any atom is 0.339 e. The molecule has 0 bridgehead atoms. The Morgan fingerprint density at radius 3 is 2.42 bits per heavy atom. The Morgan fingerprint density at radius 1 is 1.16 bits per heavy atom. The molecular weight excluding hydrogens is 448 g/mol. The predicted molar refractivity (Wildman–Crippen MR) is 112 cm³/mol. The van der Waals surface area contributed by atoms with Crippen molar-refractivity contribution >= 4 is 43.3 Å². The average Bonchev–Trinajstić information content (AvgIpc) is 2.93. The van der Waals surface area contributed by atoms with Crippen molar-refractivity contribution in [3.8, 4) is 5.75 Å². The number of hydrogen-bond acceptors (Lipinski definition) is 8. The summed E-state index contributed by atoms with van der Waals surface area (Å²) in [5.74, 6) is -2.61. The highest BCUT2D eigenvalue weighted by Gasteiger charge is 2.42. The first-order valence-corrected chi connectivity index (χ1v) is 12.1. The number of sulfonamides is 2. The van der Waals surface area contributed by atoms with Crippen molar-refractivity contribution in [2.24, 2.45) is 5.92 Å². The van der Waals surface area contributed by atoms with Crippen molar-refractivity contribution in [3.05, 3.63) is 48.0 Å². The lowest BCUT2D eigenvalue weighted by Crippen LogP contribution is -2.30. The summed E-state index contributed by atoms with van der Waals surface area (Å²) < 4.78 is 63.7. The molecule has 2 aromatic carbocycles. The Kier molecular flexibility index (Phi) is 5.96. The van der Waals surface area contributed by atoms with Gasteiger partial charge < -0.3 is 9.47 Å². The molecule has 1 fully saturated rings. The molecule has 0 aliphatic carbocycles. The second kappa shape index (κ2) is 8.19. The molecule has 1 unspecified atom stereocenters. The van der Waals surface area contributed by atoms with Crippen LogP contribution in [0.25, 0.3) is 0 Å². The lowest BCUT2D eigenvalue weighted by atomic mass is 10.2. The maximum absolute atomic E-state index is 13.1. The first-order valence-electron chi connectivity index (χ1n) is 8.97. The van der Waals surface area contributed by atoms with Crippen molar-refractivity contribution in [2.45, 2.75) is 11.8 Å². The monoisotopic (exact) mass is 468 g/mol. The number of anilines is 2. The fraction of sp³-hybridized carbons (Fsp3) is 0.263. The number of hydrogen-bond donors (Lipinski definition) is 1. The standard InChI is InChI=1S/C19H20N2O8S2/c1-12-11-30(24,25)21(18(12)22)13-8-9-16(28-2)17(10-13)31(26,27)20-15-7-5-4-6-14(15)19(23)29-3/h4-10,12,20H,11H2,1-3H3. The zero-order chi connectivity index (χ0) is 23.0. The van der Waals surface area contributed by atoms with E-state index in [2.05, 4.69) is 9.46 Å². The Morgan fingerprint density at radius 2 is 1.84 bits per heavy atom. The van der Waals surface area contributed by atoms with E-state index in [1.54, 1.807) is 0 Å². The van der Waals surface area contributed by atoms with Crippen molar-refractivity contribution in [1.82, 2.24) is 0 Å². The number of nitrogens with one attached hydrogen (secondary N) is 1. The van der Waals surface area contributed by atoms with E-state index < -0.39 is 42.7 Å². The number of nitrogens with zero attached hydrogens (tertiary/aromatic N) is 1. The molecule has 1 aliphatic heterocycles. The van der Waals surface area contributed by atoms with Crippen molar-refractivity contribution in [2.75, 3.05) is 29.0 Å². The number of amides is 1. The smallest absolute Gasteiger partial charge is 0.339 e. The number of methoxy groups -OCH3 is 2. The van der Waals surface area contributed by atoms with Gasteiger partial charge in [-0.1, -0.05) is 19.1 Å². The van der Waals surface area contributed by atoms with Gasteiger partial charge in [0.25, 0.3) is 10.0 Å². The number of esters is 1. The summed E-state index contributed by atoms with van der Waals surface area (Å²) in [6, 6.07) is 9.39. The average molecular weight is 469 g/mol. The minimum absolute atomic E-state index is 0.0187. The lowest BCUT2D eigenvalue weighted by molar-refractivity contribution is -0.119. The number of ether oxygens (including phenoxy) is 2. The van der Waals surface area contributed by atoms with Gasteiger partial charge in [-0.2, -0.15) is 0 Å². The summed E-state index contributed by atoms with van der Waals surface area (Å²) in [5.41, 5.74) is -0.188. The highest BCUT2D eigenvalue weighted by Crippen LogP contribution is 2.35. The minimum Gasteiger partial charge on any atom is -0.495 e. The molecule has 1 saturated heterocycles. The Balaban J connectivity index is 2.09. The van der Waals surface area contributed by atoms with E-state index in [4.69, 9.17) is 4.74 Å². The highest BCUT2D eigenvalue weighted by molar-refractivity contribution is 7.94. The summed E-state index contributed by atoms with van der Waals surface area (Å²) in [6.07, 6.45) is 0. The molecule has 1 amide bonds. The third kappa shape index (κ3) is 4.21. The van der Waals surface area contributed by atoms with E-state index in [1.165, 1.54) is 50.4 Å². The topological polar surface area (TPSA) is 136 Å². The van der Waals surface area contributed by atoms with Gasteiger partial charge in [-0.15, -0.1) is 0 Å². The van der Waals surface area contributed by atoms with Gasteiger partial charge in [0, 0.05) is 0 Å². The van der Waals surface area contributed by atoms with Crippen LogP contribution in [0.2, 0.25) is 0 Å². The van der Waals surface area contributed by atoms with Crippen molar-refractivity contribution in [1.29, 1.82) is 0 Å². The maximum atomic E-state index is 13.1. The normalized spacial score (nSPS) is 18.0. The molecule has 0 spiro atoms. The van der Waals surface area contributed by atoms with E-state index in [9.17, 15) is 26.4 Å². The molecule has 10 nitrogen and oxygen atoms in total. The van der Waals surface area contributed by atoms with E-state index in [1.807, 2.05) is 0 Å². The molecule has 31 heavy (non-hydrogen) atoms. The van der Waals surface area contributed by atoms with Crippen LogP contribution in [-0.2, 0) is 29.6 Å². The fourth-order valence-electron chi connectivity index (χ4n) is 3.15. The Hall–Kier alpha value is -3.12. The molecule has 0 radical (unpaired) electrons. The van der Waals surface area contributed by atoms with Crippen LogP contribution in [0, 0.1) is 5.92 Å². The zero-order valence-corrected chi connectivity index (χ0v) is 18.5. The van der Waals surface area contributed by atoms with Gasteiger partial charge in [0.15, 0.2) is 0 Å². The van der Waals surface area contributed by atoms with Crippen molar-refractivity contribution in [3.63, 3.8) is 0 Å². The molecule has 0 aromatic heterocycles. The van der Waals surface area contributed by atoms with Crippen LogP contribution >= 0.6 is 0 Å². The number of rotatable bonds is 6. The van der Waals surface area contributed by atoms with Crippen LogP contribution in [0.5, 0.6) is 5.75 Å². The van der Waals surface area contributed by atoms with Crippen LogP contribution in [0.4, 0.5) is 11.4 Å². The summed E-state index contributed by atoms with van der Waals surface area (Å²) >= 11 is 0. The van der Waals surface area contributed by atoms with Crippen LogP contribution < -0.4 is 13.8 Å². The Labute approximate surface area is 179 Å². The van der Waals surface area contributed by atoms with Gasteiger partial charge >= 0.3 is 5.97 Å². The summed E-state index contributed by atoms with van der Waals surface area (Å²) in [6.45, 7) is 1.48. The van der Waals surface area contributed by atoms with Crippen LogP contribution in [-0.4, -0.2) is 48.7 Å². The molecular formula is C19H20N2O8S2. The van der Waals surface area contributed by atoms with Gasteiger partial charge in [0.1, 0.15) is 10.6 Å². The fourth-order valence-corrected chi connectivity index (χ4v) is 6.23. The number of carbonyl (C=O) groups is 2. The number of carbonyl (C=O) groups excluding carboxylic acids is 2. The quantitative estimate of drug-likeness (QED) is 0.631. The summed E-state index contributed by atoms with van der Waals surface area (Å²) in [4.78, 5) is 23.9. The second-order valence-corrected chi connectivity index (χ2v) is 10.3. The van der Waals surface area contributed by atoms with Gasteiger partial charge in [-0.3, -0.25) is 9.52 Å². The van der Waals surface area contributed by atoms with E-state index in [0.29, 0.717) is 4.31 Å². The lowest BCUT2D eigenvalue weighted by Gasteiger charge is -2.18. The van der Waals surface area contributed by atoms with Gasteiger partial charge in [0.05, 0.1) is 42.8 Å². The van der Waals surface area contributed by atoms with E-state index in [-0.39, 0.29) is 28.4 Å². The molecule has 1 aliphatic rings. The Bertz CT molecular complexity index is 1260. The highest BCUT2D eigenvalue weighted by atomic mass is 32.2. The molecule has 2 aromatic rings. The van der Waals surface area contributed by atoms with Crippen LogP contribution in [0.15, 0.2) is 47.4 Å². The van der Waals surface area contributed by atoms with Gasteiger partial charge in [0.2, 0.25) is 15.9 Å². The third-order valence-electron chi connectivity index (χ3n) is 4.61. The largest absolute Gasteiger partial charge is 0.495 e. The SMILES string of the molecule is COC(=O)c1ccccc1NS(=O)(=O)c1cc(N2C(=O)C(C)CS2(=O)=O)ccc1OC. The molecule has 0 saturated carbocycles. The zero-order valence-electron chi connectivity index (χ0n) is 16.9. The number of para-hydroxylation sites is 1. The molecule has 12 heteroatoms. The number of benzene rings is 2. The minimum atomic E-state index is -4.36. The van der Waals surface area contributed by atoms with E-state index in [0.717, 1.165) is 13.2 Å². The third-order valence-corrected chi connectivity index (χ3v) is 7.86. The molecule has 1 atom stereocenters. The molecule has 1 N–H and O–H groups in total. The summed E-state index contributed by atoms with van der Waals surface area (Å²) in [5, 5.41) is 0. The second-order valence-electron chi connectivity index (χ2n) is 6.76. The predicted octanol–water partition coefficient (Wildman–Crippen LogP) is 1.60. The van der Waals surface area contributed by atoms with Crippen LogP contribution in [0.3, 0.4) is 0 Å². The van der Waals surface area contributed by atoms with Crippen LogP contribution in [0.1, 0.15) is 17.3 Å². The van der Waals surface area contributed by atoms with E-state index >= 15 is 0 Å². The molecule has 3 rings (SSSR count). The molecule has 166 valence electrons. The van der Waals surface area contributed by atoms with Gasteiger partial charge in [-0.25, -0.2) is 25.9 Å². The van der Waals surface area contributed by atoms with Crippen molar-refractivity contribution < 1.29 is 35.9 Å².